The van der Waals surface area contributed by atoms with Crippen molar-refractivity contribution in [2.75, 3.05) is 25.6 Å². The Kier molecular flexibility index (Phi) is 8.14. The second-order valence-electron chi connectivity index (χ2n) is 5.13. The zero-order valence-corrected chi connectivity index (χ0v) is 14.0. The van der Waals surface area contributed by atoms with Gasteiger partial charge in [0.25, 0.3) is 0 Å². The maximum absolute atomic E-state index is 11.9. The molecular weight excluding hydrogens is 312 g/mol. The summed E-state index contributed by atoms with van der Waals surface area (Å²) < 4.78 is 4.75. The summed E-state index contributed by atoms with van der Waals surface area (Å²) in [6.45, 7) is 4.07. The molecule has 8 nitrogen and oxygen atoms in total. The Hall–Kier alpha value is -2.74. The Morgan fingerprint density at radius 2 is 1.79 bits per heavy atom. The van der Waals surface area contributed by atoms with E-state index in [2.05, 4.69) is 21.2 Å². The molecule has 0 saturated heterocycles. The van der Waals surface area contributed by atoms with E-state index in [-0.39, 0.29) is 18.9 Å². The number of nitrogens with one attached hydrogen (secondary N) is 3. The van der Waals surface area contributed by atoms with Crippen molar-refractivity contribution < 1.29 is 19.1 Å². The van der Waals surface area contributed by atoms with Gasteiger partial charge in [-0.2, -0.15) is 5.10 Å². The second-order valence-corrected chi connectivity index (χ2v) is 5.13. The van der Waals surface area contributed by atoms with Crippen LogP contribution in [0.1, 0.15) is 18.9 Å². The molecule has 0 aliphatic rings. The van der Waals surface area contributed by atoms with Crippen molar-refractivity contribution in [3.05, 3.63) is 29.8 Å². The van der Waals surface area contributed by atoms with Crippen LogP contribution in [0.4, 0.5) is 5.69 Å². The lowest BCUT2D eigenvalue weighted by Crippen LogP contribution is -2.39. The number of carbonyl (C=O) groups excluding carboxylic acids is 3. The molecule has 3 N–H and O–H groups in total. The van der Waals surface area contributed by atoms with Crippen molar-refractivity contribution in [1.82, 2.24) is 10.7 Å². The van der Waals surface area contributed by atoms with E-state index in [1.54, 1.807) is 19.1 Å². The van der Waals surface area contributed by atoms with Crippen molar-refractivity contribution in [3.63, 3.8) is 0 Å². The highest BCUT2D eigenvalue weighted by atomic mass is 16.5. The summed E-state index contributed by atoms with van der Waals surface area (Å²) in [5.74, 6) is -1.98. The largest absolute Gasteiger partial charge is 0.383 e. The summed E-state index contributed by atoms with van der Waals surface area (Å²) >= 11 is 0. The molecule has 0 fully saturated rings. The lowest BCUT2D eigenvalue weighted by molar-refractivity contribution is -0.139. The van der Waals surface area contributed by atoms with Crippen LogP contribution in [-0.2, 0) is 19.1 Å². The van der Waals surface area contributed by atoms with Gasteiger partial charge in [0.2, 0.25) is 5.91 Å². The number of aryl methyl sites for hydroxylation is 1. The first-order chi connectivity index (χ1) is 11.4. The third-order valence-electron chi connectivity index (χ3n) is 2.90. The van der Waals surface area contributed by atoms with Crippen LogP contribution >= 0.6 is 0 Å². The molecule has 0 unspecified atom stereocenters. The predicted octanol–water partition coefficient (Wildman–Crippen LogP) is 0.578. The number of carbonyl (C=O) groups is 3. The Balaban J connectivity index is 2.40. The van der Waals surface area contributed by atoms with Crippen LogP contribution in [0.5, 0.6) is 0 Å². The van der Waals surface area contributed by atoms with Gasteiger partial charge in [-0.3, -0.25) is 14.4 Å². The fourth-order valence-corrected chi connectivity index (χ4v) is 1.66. The number of nitrogens with zero attached hydrogens (tertiary/aromatic N) is 1. The maximum Gasteiger partial charge on any atom is 0.329 e. The van der Waals surface area contributed by atoms with Gasteiger partial charge in [0.05, 0.1) is 13.0 Å². The molecule has 0 atom stereocenters. The summed E-state index contributed by atoms with van der Waals surface area (Å²) in [7, 11) is 1.49. The van der Waals surface area contributed by atoms with Gasteiger partial charge in [0.15, 0.2) is 0 Å². The number of methoxy groups -OCH3 is 1. The SMILES string of the molecule is COCCNC(=O)C(=O)N/N=C(\C)CC(=O)Nc1ccc(C)cc1. The van der Waals surface area contributed by atoms with Gasteiger partial charge in [-0.15, -0.1) is 0 Å². The minimum atomic E-state index is -0.899. The summed E-state index contributed by atoms with van der Waals surface area (Å²) in [5.41, 5.74) is 4.25. The Morgan fingerprint density at radius 1 is 1.12 bits per heavy atom. The molecule has 0 aromatic heterocycles. The van der Waals surface area contributed by atoms with Crippen molar-refractivity contribution in [3.8, 4) is 0 Å². The van der Waals surface area contributed by atoms with Crippen LogP contribution in [0.15, 0.2) is 29.4 Å². The molecule has 0 saturated carbocycles. The molecule has 0 bridgehead atoms. The first kappa shape index (κ1) is 19.3. The molecule has 1 aromatic rings. The van der Waals surface area contributed by atoms with E-state index in [0.717, 1.165) is 5.56 Å². The van der Waals surface area contributed by atoms with Gasteiger partial charge in [0.1, 0.15) is 0 Å². The number of anilines is 1. The molecule has 0 radical (unpaired) electrons. The Bertz CT molecular complexity index is 611. The number of hydrazone groups is 1. The van der Waals surface area contributed by atoms with Crippen molar-refractivity contribution in [1.29, 1.82) is 0 Å². The first-order valence-corrected chi connectivity index (χ1v) is 7.39. The van der Waals surface area contributed by atoms with Crippen LogP contribution in [-0.4, -0.2) is 43.7 Å². The summed E-state index contributed by atoms with van der Waals surface area (Å²) in [4.78, 5) is 34.7. The van der Waals surface area contributed by atoms with Crippen molar-refractivity contribution in [2.24, 2.45) is 5.10 Å². The lowest BCUT2D eigenvalue weighted by atomic mass is 10.2. The number of hydrogen-bond acceptors (Lipinski definition) is 5. The number of benzene rings is 1. The minimum Gasteiger partial charge on any atom is -0.383 e. The molecule has 1 aromatic carbocycles. The Labute approximate surface area is 140 Å². The first-order valence-electron chi connectivity index (χ1n) is 7.39. The van der Waals surface area contributed by atoms with Crippen molar-refractivity contribution >= 4 is 29.1 Å². The quantitative estimate of drug-likeness (QED) is 0.293. The van der Waals surface area contributed by atoms with Crippen LogP contribution in [0.25, 0.3) is 0 Å². The van der Waals surface area contributed by atoms with Crippen LogP contribution in [0, 0.1) is 6.92 Å². The van der Waals surface area contributed by atoms with Gasteiger partial charge in [-0.1, -0.05) is 17.7 Å². The molecule has 0 aliphatic heterocycles. The third-order valence-corrected chi connectivity index (χ3v) is 2.90. The van der Waals surface area contributed by atoms with E-state index in [1.165, 1.54) is 7.11 Å². The van der Waals surface area contributed by atoms with E-state index in [4.69, 9.17) is 4.74 Å². The fraction of sp³-hybridized carbons (Fsp3) is 0.375. The molecule has 24 heavy (non-hydrogen) atoms. The molecule has 0 aliphatic carbocycles. The third kappa shape index (κ3) is 7.50. The van der Waals surface area contributed by atoms with Crippen molar-refractivity contribution in [2.45, 2.75) is 20.3 Å². The molecular formula is C16H22N4O4. The number of hydrogen-bond donors (Lipinski definition) is 3. The standard InChI is InChI=1S/C16H22N4O4/c1-11-4-6-13(7-5-11)18-14(21)10-12(2)19-20-16(23)15(22)17-8-9-24-3/h4-7H,8-10H2,1-3H3,(H,17,22)(H,18,21)(H,20,23)/b19-12+. The predicted molar refractivity (Wildman–Crippen MR) is 90.6 cm³/mol. The van der Waals surface area contributed by atoms with Gasteiger partial charge in [0, 0.05) is 25.1 Å². The Morgan fingerprint density at radius 3 is 2.42 bits per heavy atom. The molecule has 8 heteroatoms. The normalized spacial score (nSPS) is 10.9. The van der Waals surface area contributed by atoms with Crippen LogP contribution < -0.4 is 16.1 Å². The maximum atomic E-state index is 11.9. The van der Waals surface area contributed by atoms with Gasteiger partial charge < -0.3 is 15.4 Å². The average Bonchev–Trinajstić information content (AvgIpc) is 2.54. The highest BCUT2D eigenvalue weighted by molar-refractivity contribution is 6.35. The van der Waals surface area contributed by atoms with E-state index in [9.17, 15) is 14.4 Å². The topological polar surface area (TPSA) is 109 Å². The fourth-order valence-electron chi connectivity index (χ4n) is 1.66. The van der Waals surface area contributed by atoms with E-state index in [1.807, 2.05) is 19.1 Å². The highest BCUT2D eigenvalue weighted by Crippen LogP contribution is 2.08. The van der Waals surface area contributed by atoms with Crippen LogP contribution in [0.2, 0.25) is 0 Å². The molecule has 3 amide bonds. The number of ether oxygens (including phenoxy) is 1. The molecule has 0 heterocycles. The molecule has 130 valence electrons. The summed E-state index contributed by atoms with van der Waals surface area (Å²) in [6.07, 6.45) is -0.000545. The number of rotatable bonds is 7. The average molecular weight is 334 g/mol. The zero-order chi connectivity index (χ0) is 17.9. The summed E-state index contributed by atoms with van der Waals surface area (Å²) in [5, 5.41) is 8.81. The molecule has 1 rings (SSSR count). The molecule has 0 spiro atoms. The second kappa shape index (κ2) is 10.1. The lowest BCUT2D eigenvalue weighted by Gasteiger charge is -2.06. The van der Waals surface area contributed by atoms with E-state index in [0.29, 0.717) is 18.0 Å². The highest BCUT2D eigenvalue weighted by Gasteiger charge is 2.12. The number of amides is 3. The monoisotopic (exact) mass is 334 g/mol. The van der Waals surface area contributed by atoms with Gasteiger partial charge in [-0.25, -0.2) is 5.43 Å². The van der Waals surface area contributed by atoms with E-state index >= 15 is 0 Å². The van der Waals surface area contributed by atoms with Crippen LogP contribution in [0.3, 0.4) is 0 Å². The van der Waals surface area contributed by atoms with E-state index < -0.39 is 11.8 Å². The zero-order valence-electron chi connectivity index (χ0n) is 14.0. The van der Waals surface area contributed by atoms with Gasteiger partial charge >= 0.3 is 11.8 Å². The summed E-state index contributed by atoms with van der Waals surface area (Å²) in [6, 6.07) is 7.37. The van der Waals surface area contributed by atoms with Gasteiger partial charge in [-0.05, 0) is 26.0 Å². The minimum absolute atomic E-state index is 0.000545. The smallest absolute Gasteiger partial charge is 0.329 e.